The number of carbonyl (C=O) groups excluding carboxylic acids is 1. The molecule has 1 N–H and O–H groups in total. The first kappa shape index (κ1) is 24.8. The highest BCUT2D eigenvalue weighted by molar-refractivity contribution is 7.95. The summed E-state index contributed by atoms with van der Waals surface area (Å²) in [4.78, 5) is 14.4. The second-order valence-corrected chi connectivity index (χ2v) is 11.8. The van der Waals surface area contributed by atoms with Gasteiger partial charge in [-0.25, -0.2) is 8.42 Å². The lowest BCUT2D eigenvalue weighted by molar-refractivity contribution is -0.122. The van der Waals surface area contributed by atoms with Gasteiger partial charge in [-0.15, -0.1) is 0 Å². The van der Waals surface area contributed by atoms with Crippen LogP contribution in [0.2, 0.25) is 0 Å². The first-order valence-electron chi connectivity index (χ1n) is 12.9. The molecule has 4 nitrogen and oxygen atoms in total. The number of nitrogens with one attached hydrogen (secondary N) is 1. The van der Waals surface area contributed by atoms with E-state index in [4.69, 9.17) is 0 Å². The number of benzene rings is 5. The molecule has 0 bridgehead atoms. The van der Waals surface area contributed by atoms with Gasteiger partial charge in [-0.3, -0.25) is 4.79 Å². The predicted octanol–water partition coefficient (Wildman–Crippen LogP) is 6.99. The molecule has 0 unspecified atom stereocenters. The van der Waals surface area contributed by atoms with Crippen molar-refractivity contribution in [1.29, 1.82) is 0 Å². The van der Waals surface area contributed by atoms with Crippen molar-refractivity contribution in [2.24, 2.45) is 0 Å². The zero-order chi connectivity index (χ0) is 27.0. The summed E-state index contributed by atoms with van der Waals surface area (Å²) in [5.74, 6) is -1.72. The van der Waals surface area contributed by atoms with Crippen LogP contribution in [0.25, 0.3) is 16.5 Å². The van der Waals surface area contributed by atoms with E-state index in [0.717, 1.165) is 27.5 Å². The first-order valence-corrected chi connectivity index (χ1v) is 14.4. The number of allylic oxidation sites excluding steroid dienone is 1. The van der Waals surface area contributed by atoms with E-state index in [1.165, 1.54) is 0 Å². The molecule has 39 heavy (non-hydrogen) atoms. The largest absolute Gasteiger partial charge is 0.324 e. The summed E-state index contributed by atoms with van der Waals surface area (Å²) >= 11 is 0. The average Bonchev–Trinajstić information content (AvgIpc) is 2.97. The number of fused-ring (bicyclic) bond motifs is 1. The Morgan fingerprint density at radius 3 is 1.92 bits per heavy atom. The van der Waals surface area contributed by atoms with Crippen LogP contribution >= 0.6 is 0 Å². The van der Waals surface area contributed by atoms with E-state index in [-0.39, 0.29) is 15.7 Å². The highest BCUT2D eigenvalue weighted by Crippen LogP contribution is 2.48. The van der Waals surface area contributed by atoms with Gasteiger partial charge in [-0.05, 0) is 46.5 Å². The predicted molar refractivity (Wildman–Crippen MR) is 156 cm³/mol. The van der Waals surface area contributed by atoms with Gasteiger partial charge < -0.3 is 5.32 Å². The van der Waals surface area contributed by atoms with Gasteiger partial charge in [-0.1, -0.05) is 121 Å². The number of rotatable bonds is 5. The Morgan fingerprint density at radius 2 is 1.23 bits per heavy atom. The number of sulfone groups is 1. The maximum Gasteiger partial charge on any atom is 0.232 e. The highest BCUT2D eigenvalue weighted by Gasteiger charge is 2.45. The smallest absolute Gasteiger partial charge is 0.232 e. The molecule has 1 aliphatic heterocycles. The third kappa shape index (κ3) is 4.55. The molecule has 1 aliphatic rings. The van der Waals surface area contributed by atoms with Crippen LogP contribution in [0.15, 0.2) is 137 Å². The second-order valence-electron chi connectivity index (χ2n) is 9.88. The molecule has 5 heteroatoms. The van der Waals surface area contributed by atoms with E-state index in [1.54, 1.807) is 24.3 Å². The van der Waals surface area contributed by atoms with Crippen LogP contribution in [0.5, 0.6) is 0 Å². The van der Waals surface area contributed by atoms with Crippen LogP contribution in [0.3, 0.4) is 0 Å². The normalized spacial score (nSPS) is 17.7. The molecule has 192 valence electrons. The van der Waals surface area contributed by atoms with Crippen molar-refractivity contribution in [1.82, 2.24) is 5.32 Å². The minimum atomic E-state index is -4.02. The Hall–Kier alpha value is -4.48. The number of hydrogen-bond acceptors (Lipinski definition) is 3. The quantitative estimate of drug-likeness (QED) is 0.267. The van der Waals surface area contributed by atoms with Gasteiger partial charge in [0.25, 0.3) is 0 Å². The Bertz CT molecular complexity index is 1810. The van der Waals surface area contributed by atoms with Crippen LogP contribution in [-0.4, -0.2) is 14.3 Å². The van der Waals surface area contributed by atoms with Crippen molar-refractivity contribution in [2.75, 3.05) is 0 Å². The topological polar surface area (TPSA) is 63.2 Å². The monoisotopic (exact) mass is 529 g/mol. The lowest BCUT2D eigenvalue weighted by atomic mass is 9.77. The lowest BCUT2D eigenvalue weighted by Gasteiger charge is -2.36. The molecule has 0 aromatic heterocycles. The van der Waals surface area contributed by atoms with Gasteiger partial charge in [0, 0.05) is 5.92 Å². The SMILES string of the molecule is Cc1ccc(S(=O)(=O)C2=C(c3ccccc3)NC(=O)[C@@H](c3ccc4ccccc4c3)[C@@H]2c2ccccc2)cc1. The van der Waals surface area contributed by atoms with E-state index in [0.29, 0.717) is 11.3 Å². The van der Waals surface area contributed by atoms with Gasteiger partial charge in [0.05, 0.1) is 21.4 Å². The summed E-state index contributed by atoms with van der Waals surface area (Å²) in [5, 5.41) is 5.08. The highest BCUT2D eigenvalue weighted by atomic mass is 32.2. The van der Waals surface area contributed by atoms with Gasteiger partial charge >= 0.3 is 0 Å². The molecule has 5 aromatic carbocycles. The molecule has 2 atom stereocenters. The van der Waals surface area contributed by atoms with E-state index in [2.05, 4.69) is 5.32 Å². The molecule has 0 saturated heterocycles. The average molecular weight is 530 g/mol. The molecular weight excluding hydrogens is 502 g/mol. The fourth-order valence-corrected chi connectivity index (χ4v) is 7.23. The van der Waals surface area contributed by atoms with Gasteiger partial charge in [-0.2, -0.15) is 0 Å². The zero-order valence-electron chi connectivity index (χ0n) is 21.4. The first-order chi connectivity index (χ1) is 18.9. The standard InChI is InChI=1S/C34H27NO3S/c1-23-16-20-29(21-17-23)39(37,38)33-30(25-11-4-2-5-12-25)31(28-19-18-24-10-8-9-15-27(24)22-28)34(36)35-32(33)26-13-6-3-7-14-26/h2-22,30-31H,1H3,(H,35,36)/t30-,31-/m0/s1. The van der Waals surface area contributed by atoms with Crippen LogP contribution in [0, 0.1) is 6.92 Å². The van der Waals surface area contributed by atoms with Crippen molar-refractivity contribution in [2.45, 2.75) is 23.7 Å². The number of aryl methyl sites for hydroxylation is 1. The number of hydrogen-bond donors (Lipinski definition) is 1. The molecule has 0 saturated carbocycles. The summed E-state index contributed by atoms with van der Waals surface area (Å²) in [7, 11) is -4.02. The van der Waals surface area contributed by atoms with Crippen molar-refractivity contribution in [3.63, 3.8) is 0 Å². The maximum atomic E-state index is 14.6. The van der Waals surface area contributed by atoms with Crippen molar-refractivity contribution >= 4 is 32.2 Å². The van der Waals surface area contributed by atoms with E-state index in [9.17, 15) is 13.2 Å². The Kier molecular flexibility index (Phi) is 6.37. The van der Waals surface area contributed by atoms with Crippen LogP contribution in [0.1, 0.15) is 34.1 Å². The molecular formula is C34H27NO3S. The minimum Gasteiger partial charge on any atom is -0.324 e. The lowest BCUT2D eigenvalue weighted by Crippen LogP contribution is -2.40. The zero-order valence-corrected chi connectivity index (χ0v) is 22.2. The van der Waals surface area contributed by atoms with Crippen LogP contribution < -0.4 is 5.32 Å². The van der Waals surface area contributed by atoms with Crippen molar-refractivity contribution in [3.05, 3.63) is 155 Å². The summed E-state index contributed by atoms with van der Waals surface area (Å²) in [6.45, 7) is 1.93. The Morgan fingerprint density at radius 1 is 0.615 bits per heavy atom. The van der Waals surface area contributed by atoms with Crippen LogP contribution in [-0.2, 0) is 14.6 Å². The molecule has 0 fully saturated rings. The van der Waals surface area contributed by atoms with Crippen LogP contribution in [0.4, 0.5) is 0 Å². The minimum absolute atomic E-state index is 0.196. The van der Waals surface area contributed by atoms with Gasteiger partial charge in [0.15, 0.2) is 0 Å². The third-order valence-electron chi connectivity index (χ3n) is 7.37. The molecule has 6 rings (SSSR count). The number of carbonyl (C=O) groups is 1. The number of amides is 1. The molecule has 0 radical (unpaired) electrons. The van der Waals surface area contributed by atoms with E-state index in [1.807, 2.05) is 110 Å². The molecule has 1 amide bonds. The Labute approximate surface area is 228 Å². The van der Waals surface area contributed by atoms with Gasteiger partial charge in [0.2, 0.25) is 15.7 Å². The maximum absolute atomic E-state index is 14.6. The fraction of sp³-hybridized carbons (Fsp3) is 0.0882. The molecule has 0 spiro atoms. The summed E-state index contributed by atoms with van der Waals surface area (Å²) in [6, 6.07) is 39.5. The molecule has 0 aliphatic carbocycles. The second kappa shape index (κ2) is 10.0. The van der Waals surface area contributed by atoms with Crippen molar-refractivity contribution < 1.29 is 13.2 Å². The van der Waals surface area contributed by atoms with Crippen molar-refractivity contribution in [3.8, 4) is 0 Å². The molecule has 1 heterocycles. The molecule has 5 aromatic rings. The fourth-order valence-electron chi connectivity index (χ4n) is 5.44. The Balaban J connectivity index is 1.66. The summed E-state index contributed by atoms with van der Waals surface area (Å²) < 4.78 is 29.1. The third-order valence-corrected chi connectivity index (χ3v) is 9.30. The summed E-state index contributed by atoms with van der Waals surface area (Å²) in [6.07, 6.45) is 0. The van der Waals surface area contributed by atoms with E-state index < -0.39 is 21.7 Å². The summed E-state index contributed by atoms with van der Waals surface area (Å²) in [5.41, 5.74) is 3.48. The van der Waals surface area contributed by atoms with Gasteiger partial charge in [0.1, 0.15) is 0 Å². The van der Waals surface area contributed by atoms with E-state index >= 15 is 0 Å².